The number of carboxylic acid groups (broad SMARTS) is 1. The normalized spacial score (nSPS) is 15.7. The summed E-state index contributed by atoms with van der Waals surface area (Å²) < 4.78 is 14.9. The molecule has 124 valence electrons. The van der Waals surface area contributed by atoms with Crippen LogP contribution < -0.4 is 10.2 Å². The number of carbonyl (C=O) groups excluding carboxylic acids is 1. The highest BCUT2D eigenvalue weighted by Gasteiger charge is 2.26. The van der Waals surface area contributed by atoms with E-state index < -0.39 is 31.8 Å². The van der Waals surface area contributed by atoms with E-state index in [1.54, 1.807) is 0 Å². The average molecular weight is 341 g/mol. The summed E-state index contributed by atoms with van der Waals surface area (Å²) in [5, 5.41) is 22.4. The molecule has 0 aliphatic heterocycles. The summed E-state index contributed by atoms with van der Waals surface area (Å²) in [6, 6.07) is -1.75. The van der Waals surface area contributed by atoms with Crippen LogP contribution >= 0.6 is 20.5 Å². The Bertz CT molecular complexity index is 398. The van der Waals surface area contributed by atoms with Gasteiger partial charge in [0.05, 0.1) is 12.1 Å². The highest BCUT2D eigenvalue weighted by molar-refractivity contribution is 7.80. The number of nitrogens with zero attached hydrogens (tertiary/aromatic N) is 1. The summed E-state index contributed by atoms with van der Waals surface area (Å²) in [5.74, 6) is -1.61. The number of carbonyl (C=O) groups is 1. The van der Waals surface area contributed by atoms with Crippen molar-refractivity contribution in [3.05, 3.63) is 0 Å². The first-order valence-electron chi connectivity index (χ1n) is 6.46. The second-order valence-corrected chi connectivity index (χ2v) is 6.11. The molecule has 21 heavy (non-hydrogen) atoms. The molecule has 0 aliphatic rings. The van der Waals surface area contributed by atoms with E-state index in [0.29, 0.717) is 6.42 Å². The predicted molar refractivity (Wildman–Crippen MR) is 75.8 cm³/mol. The molecule has 0 bridgehead atoms. The number of phosphoric ester groups is 1. The van der Waals surface area contributed by atoms with E-state index in [1.807, 2.05) is 0 Å². The number of carboxylic acids is 1. The second-order valence-electron chi connectivity index (χ2n) is 4.48. The lowest BCUT2D eigenvalue weighted by molar-refractivity contribution is -0.309. The van der Waals surface area contributed by atoms with E-state index in [1.165, 1.54) is 0 Å². The van der Waals surface area contributed by atoms with Crippen LogP contribution in [-0.4, -0.2) is 39.6 Å². The molecule has 2 atom stereocenters. The molecule has 10 heteroatoms. The van der Waals surface area contributed by atoms with Crippen LogP contribution in [0.1, 0.15) is 39.0 Å². The van der Waals surface area contributed by atoms with Gasteiger partial charge in [0.1, 0.15) is 6.04 Å². The minimum Gasteiger partial charge on any atom is -0.862 e. The van der Waals surface area contributed by atoms with E-state index in [4.69, 9.17) is 9.79 Å². The number of aliphatic carboxylic acids is 1. The average Bonchev–Trinajstić information content (AvgIpc) is 2.33. The molecule has 0 aromatic heterocycles. The predicted octanol–water partition coefficient (Wildman–Crippen LogP) is -0.758. The van der Waals surface area contributed by atoms with Gasteiger partial charge in [-0.1, -0.05) is 12.8 Å². The topological polar surface area (TPSA) is 142 Å². The third-order valence-electron chi connectivity index (χ3n) is 2.57. The van der Waals surface area contributed by atoms with Gasteiger partial charge in [-0.05, 0) is 37.8 Å². The Hall–Kier alpha value is -0.600. The van der Waals surface area contributed by atoms with E-state index in [9.17, 15) is 19.6 Å². The highest BCUT2D eigenvalue weighted by Crippen LogP contribution is 2.38. The smallest absolute Gasteiger partial charge is 0.469 e. The molecule has 0 unspecified atom stereocenters. The van der Waals surface area contributed by atoms with Crippen molar-refractivity contribution in [2.75, 3.05) is 5.75 Å². The maximum absolute atomic E-state index is 11.5. The lowest BCUT2D eigenvalue weighted by Gasteiger charge is -2.24. The largest absolute Gasteiger partial charge is 0.862 e. The van der Waals surface area contributed by atoms with Crippen molar-refractivity contribution in [1.29, 1.82) is 0 Å². The molecule has 0 aromatic carbocycles. The monoisotopic (exact) mass is 341 g/mol. The molecule has 0 amide bonds. The van der Waals surface area contributed by atoms with E-state index in [-0.39, 0.29) is 6.42 Å². The number of thiol groups is 1. The zero-order valence-electron chi connectivity index (χ0n) is 11.7. The molecular weight excluding hydrogens is 321 g/mol. The fraction of sp³-hybridized carbons (Fsp3) is 0.818. The summed E-state index contributed by atoms with van der Waals surface area (Å²) in [4.78, 5) is 31.5. The first-order chi connectivity index (χ1) is 9.67. The van der Waals surface area contributed by atoms with Crippen LogP contribution in [0.4, 0.5) is 0 Å². The third kappa shape index (κ3) is 10.7. The third-order valence-corrected chi connectivity index (χ3v) is 3.49. The second kappa shape index (κ2) is 10.2. The fourth-order valence-corrected chi connectivity index (χ4v) is 2.36. The molecule has 8 nitrogen and oxygen atoms in total. The van der Waals surface area contributed by atoms with Gasteiger partial charge >= 0.3 is 7.82 Å². The standard InChI is InChI=1S/C11H22NO7PS/c1-8(19-20(16,17)18)10(11(14)15)12-9(13)6-4-2-3-5-7-21/h8,10,21H,2-7H2,1H3,(H,12,13)(H,14,15)(H2,16,17,18)/p-2/t8-,10+/m1/s1. The number of hydrogen-bond donors (Lipinski definition) is 3. The van der Waals surface area contributed by atoms with Crippen molar-refractivity contribution < 1.29 is 33.9 Å². The Morgan fingerprint density at radius 2 is 1.86 bits per heavy atom. The van der Waals surface area contributed by atoms with Crippen molar-refractivity contribution in [1.82, 2.24) is 0 Å². The van der Waals surface area contributed by atoms with Gasteiger partial charge in [-0.2, -0.15) is 12.6 Å². The van der Waals surface area contributed by atoms with Crippen LogP contribution in [0.2, 0.25) is 0 Å². The summed E-state index contributed by atoms with van der Waals surface area (Å²) in [5.41, 5.74) is 0. The molecule has 0 saturated heterocycles. The maximum atomic E-state index is 11.5. The highest BCUT2D eigenvalue weighted by atomic mass is 32.1. The number of phosphoric acid groups is 1. The summed E-state index contributed by atoms with van der Waals surface area (Å²) in [7, 11) is -4.86. The van der Waals surface area contributed by atoms with Gasteiger partial charge in [-0.15, -0.1) is 0 Å². The molecule has 0 radical (unpaired) electrons. The molecule has 0 fully saturated rings. The SMILES string of the molecule is C[C@@H](OP(=O)(O)O)[C@H](N=C([O-])CCCCCCS)C(=O)[O-]. The number of hydrogen-bond acceptors (Lipinski definition) is 7. The quantitative estimate of drug-likeness (QED) is 0.147. The first kappa shape index (κ1) is 20.4. The molecule has 2 N–H and O–H groups in total. The Balaban J connectivity index is 4.49. The van der Waals surface area contributed by atoms with Gasteiger partial charge in [0.2, 0.25) is 0 Å². The molecule has 0 saturated carbocycles. The molecule has 0 rings (SSSR count). The van der Waals surface area contributed by atoms with Gasteiger partial charge < -0.3 is 24.8 Å². The summed E-state index contributed by atoms with van der Waals surface area (Å²) in [6.45, 7) is 1.10. The Morgan fingerprint density at radius 3 is 2.33 bits per heavy atom. The van der Waals surface area contributed by atoms with Crippen LogP contribution in [0, 0.1) is 0 Å². The first-order valence-corrected chi connectivity index (χ1v) is 8.63. The summed E-state index contributed by atoms with van der Waals surface area (Å²) >= 11 is 4.05. The maximum Gasteiger partial charge on any atom is 0.469 e. The molecule has 0 spiro atoms. The Kier molecular flexibility index (Phi) is 9.89. The Labute approximate surface area is 128 Å². The van der Waals surface area contributed by atoms with Crippen molar-refractivity contribution >= 4 is 32.3 Å². The van der Waals surface area contributed by atoms with Crippen molar-refractivity contribution in [3.63, 3.8) is 0 Å². The van der Waals surface area contributed by atoms with Gasteiger partial charge in [-0.25, -0.2) is 4.57 Å². The van der Waals surface area contributed by atoms with Gasteiger partial charge in [0, 0.05) is 0 Å². The molecular formula is C11H20NO7PS-2. The van der Waals surface area contributed by atoms with Crippen molar-refractivity contribution in [2.24, 2.45) is 4.99 Å². The van der Waals surface area contributed by atoms with E-state index in [2.05, 4.69) is 22.1 Å². The zero-order chi connectivity index (χ0) is 16.5. The minimum atomic E-state index is -4.86. The van der Waals surface area contributed by atoms with Crippen LogP contribution in [0.3, 0.4) is 0 Å². The fourth-order valence-electron chi connectivity index (χ4n) is 1.58. The van der Waals surface area contributed by atoms with Crippen LogP contribution in [0.25, 0.3) is 0 Å². The van der Waals surface area contributed by atoms with E-state index >= 15 is 0 Å². The van der Waals surface area contributed by atoms with Gasteiger partial charge in [-0.3, -0.25) is 9.52 Å². The zero-order valence-corrected chi connectivity index (χ0v) is 13.5. The summed E-state index contributed by atoms with van der Waals surface area (Å²) in [6.07, 6.45) is 1.81. The lowest BCUT2D eigenvalue weighted by atomic mass is 10.1. The number of aliphatic imine (C=N–C) groups is 1. The number of unbranched alkanes of at least 4 members (excludes halogenated alkanes) is 3. The number of rotatable bonds is 11. The van der Waals surface area contributed by atoms with Crippen LogP contribution in [0.15, 0.2) is 4.99 Å². The molecule has 0 aliphatic carbocycles. The van der Waals surface area contributed by atoms with Crippen molar-refractivity contribution in [3.8, 4) is 0 Å². The van der Waals surface area contributed by atoms with Gasteiger partial charge in [0.25, 0.3) is 0 Å². The Morgan fingerprint density at radius 1 is 1.29 bits per heavy atom. The lowest BCUT2D eigenvalue weighted by Crippen LogP contribution is -2.43. The minimum absolute atomic E-state index is 0.0684. The van der Waals surface area contributed by atoms with Crippen LogP contribution in [-0.2, 0) is 13.9 Å². The molecule has 0 heterocycles. The molecule has 0 aromatic rings. The van der Waals surface area contributed by atoms with Crippen LogP contribution in [0.5, 0.6) is 0 Å². The van der Waals surface area contributed by atoms with Crippen molar-refractivity contribution in [2.45, 2.75) is 51.2 Å². The van der Waals surface area contributed by atoms with E-state index in [0.717, 1.165) is 31.9 Å². The van der Waals surface area contributed by atoms with Gasteiger partial charge in [0.15, 0.2) is 0 Å².